The van der Waals surface area contributed by atoms with Gasteiger partial charge in [-0.25, -0.2) is 17.9 Å². The highest BCUT2D eigenvalue weighted by Gasteiger charge is 2.14. The molecule has 3 N–H and O–H groups in total. The van der Waals surface area contributed by atoms with Gasteiger partial charge in [-0.1, -0.05) is 0 Å². The molecule has 1 aromatic carbocycles. The molecule has 0 aliphatic carbocycles. The van der Waals surface area contributed by atoms with E-state index in [0.29, 0.717) is 12.2 Å². The Balaban J connectivity index is 2.30. The van der Waals surface area contributed by atoms with Gasteiger partial charge in [0.15, 0.2) is 5.57 Å². The minimum Gasteiger partial charge on any atom is -0.477 e. The van der Waals surface area contributed by atoms with E-state index in [1.807, 2.05) is 19.0 Å². The number of carboxylic acid groups (broad SMARTS) is 1. The zero-order chi connectivity index (χ0) is 23.2. The third kappa shape index (κ3) is 6.02. The average molecular weight is 466 g/mol. The van der Waals surface area contributed by atoms with Crippen LogP contribution in [0.1, 0.15) is 6.92 Å². The second kappa shape index (κ2) is 10.4. The van der Waals surface area contributed by atoms with Crippen LogP contribution in [0.25, 0.3) is 11.8 Å². The molecule has 0 aliphatic heterocycles. The highest BCUT2D eigenvalue weighted by Crippen LogP contribution is 2.13. The van der Waals surface area contributed by atoms with Crippen molar-refractivity contribution in [3.63, 3.8) is 0 Å². The number of hydrogen-bond donors (Lipinski definition) is 3. The molecule has 12 heteroatoms. The average Bonchev–Trinajstić information content (AvgIpc) is 3.01. The minimum atomic E-state index is -3.63. The van der Waals surface area contributed by atoms with Gasteiger partial charge in [-0.3, -0.25) is 9.36 Å². The molecule has 0 bridgehead atoms. The normalized spacial score (nSPS) is 13.2. The molecule has 0 saturated carbocycles. The maximum Gasteiger partial charge on any atom is 0.349 e. The van der Waals surface area contributed by atoms with Crippen LogP contribution < -0.4 is 24.8 Å². The van der Waals surface area contributed by atoms with E-state index in [0.717, 1.165) is 11.3 Å². The lowest BCUT2D eigenvalue weighted by Gasteiger charge is -2.11. The summed E-state index contributed by atoms with van der Waals surface area (Å²) < 4.78 is 28.6. The van der Waals surface area contributed by atoms with E-state index in [-0.39, 0.29) is 27.2 Å². The summed E-state index contributed by atoms with van der Waals surface area (Å²) in [5.74, 6) is -1.40. The Bertz CT molecular complexity index is 1270. The molecule has 2 aromatic rings. The van der Waals surface area contributed by atoms with Gasteiger partial charge in [0, 0.05) is 31.5 Å². The van der Waals surface area contributed by atoms with Gasteiger partial charge in [-0.15, -0.1) is 11.3 Å². The quantitative estimate of drug-likeness (QED) is 0.444. The number of anilines is 1. The van der Waals surface area contributed by atoms with Crippen molar-refractivity contribution < 1.29 is 18.3 Å². The number of thiazole rings is 1. The van der Waals surface area contributed by atoms with E-state index in [1.165, 1.54) is 22.9 Å². The number of carboxylic acids is 1. The van der Waals surface area contributed by atoms with E-state index in [2.05, 4.69) is 10.0 Å². The molecule has 0 fully saturated rings. The first-order valence-corrected chi connectivity index (χ1v) is 11.5. The van der Waals surface area contributed by atoms with Crippen LogP contribution in [0.5, 0.6) is 0 Å². The Morgan fingerprint density at radius 3 is 2.48 bits per heavy atom. The van der Waals surface area contributed by atoms with Crippen molar-refractivity contribution in [3.8, 4) is 6.07 Å². The number of nitrogens with one attached hydrogen (secondary N) is 2. The summed E-state index contributed by atoms with van der Waals surface area (Å²) in [4.78, 5) is 25.7. The van der Waals surface area contributed by atoms with E-state index >= 15 is 0 Å². The Kier molecular flexibility index (Phi) is 8.12. The number of aromatic nitrogens is 1. The van der Waals surface area contributed by atoms with Crippen molar-refractivity contribution >= 4 is 44.8 Å². The van der Waals surface area contributed by atoms with Gasteiger partial charge in [0.1, 0.15) is 15.3 Å². The van der Waals surface area contributed by atoms with Gasteiger partial charge in [0.05, 0.1) is 4.90 Å². The standard InChI is InChI=1S/C19H23N5O5S2/c1-4-24-17(25)16(30-18(24)15(11-20)19(26)27)12-21-13-5-7-14(8-6-13)31(28,29)22-9-10-23(2)3/h5-8,12,21-22H,4,9-10H2,1-3H3,(H,26,27)/b16-12+,18-15-. The lowest BCUT2D eigenvalue weighted by molar-refractivity contribution is -0.130. The number of rotatable bonds is 9. The van der Waals surface area contributed by atoms with E-state index in [9.17, 15) is 23.1 Å². The van der Waals surface area contributed by atoms with Crippen LogP contribution in [0.3, 0.4) is 0 Å². The SMILES string of the molecule is CCn1c(=O)/c(=C\Nc2ccc(S(=O)(=O)NCCN(C)C)cc2)s/c1=C(/C#N)C(=O)O. The maximum atomic E-state index is 12.5. The summed E-state index contributed by atoms with van der Waals surface area (Å²) in [6.07, 6.45) is 1.40. The van der Waals surface area contributed by atoms with E-state index in [4.69, 9.17) is 5.26 Å². The lowest BCUT2D eigenvalue weighted by atomic mass is 10.3. The van der Waals surface area contributed by atoms with Crippen LogP contribution in [0.15, 0.2) is 34.0 Å². The molecule has 0 saturated heterocycles. The van der Waals surface area contributed by atoms with Gasteiger partial charge in [-0.2, -0.15) is 5.26 Å². The zero-order valence-corrected chi connectivity index (χ0v) is 18.9. The number of nitrogens with zero attached hydrogens (tertiary/aromatic N) is 3. The Morgan fingerprint density at radius 2 is 1.97 bits per heavy atom. The molecule has 10 nitrogen and oxygen atoms in total. The summed E-state index contributed by atoms with van der Waals surface area (Å²) in [6.45, 7) is 2.74. The molecule has 31 heavy (non-hydrogen) atoms. The maximum absolute atomic E-state index is 12.5. The fraction of sp³-hybridized carbons (Fsp3) is 0.316. The summed E-state index contributed by atoms with van der Waals surface area (Å²) >= 11 is 0.892. The fourth-order valence-corrected chi connectivity index (χ4v) is 4.65. The first-order chi connectivity index (χ1) is 14.6. The van der Waals surface area contributed by atoms with Crippen molar-refractivity contribution in [2.24, 2.45) is 0 Å². The molecule has 0 aliphatic rings. The summed E-state index contributed by atoms with van der Waals surface area (Å²) in [6, 6.07) is 7.58. The van der Waals surface area contributed by atoms with Crippen molar-refractivity contribution in [1.29, 1.82) is 5.26 Å². The number of sulfonamides is 1. The van der Waals surface area contributed by atoms with Crippen molar-refractivity contribution in [1.82, 2.24) is 14.2 Å². The highest BCUT2D eigenvalue weighted by molar-refractivity contribution is 7.89. The third-order valence-corrected chi connectivity index (χ3v) is 6.76. The van der Waals surface area contributed by atoms with Crippen LogP contribution >= 0.6 is 11.3 Å². The monoisotopic (exact) mass is 465 g/mol. The number of aliphatic carboxylic acids is 1. The lowest BCUT2D eigenvalue weighted by Crippen LogP contribution is -2.32. The zero-order valence-electron chi connectivity index (χ0n) is 17.2. The Morgan fingerprint density at radius 1 is 1.32 bits per heavy atom. The van der Waals surface area contributed by atoms with Gasteiger partial charge in [0.2, 0.25) is 10.0 Å². The van der Waals surface area contributed by atoms with Crippen molar-refractivity contribution in [2.45, 2.75) is 18.4 Å². The summed E-state index contributed by atoms with van der Waals surface area (Å²) in [7, 11) is 0.0626. The second-order valence-electron chi connectivity index (χ2n) is 6.63. The van der Waals surface area contributed by atoms with Crippen LogP contribution in [0, 0.1) is 11.3 Å². The molecular weight excluding hydrogens is 442 g/mol. The third-order valence-electron chi connectivity index (χ3n) is 4.15. The van der Waals surface area contributed by atoms with E-state index in [1.54, 1.807) is 25.1 Å². The Hall–Kier alpha value is -2.98. The second-order valence-corrected chi connectivity index (χ2v) is 9.42. The number of hydrogen-bond acceptors (Lipinski definition) is 8. The molecule has 1 heterocycles. The largest absolute Gasteiger partial charge is 0.477 e. The van der Waals surface area contributed by atoms with Crippen molar-refractivity contribution in [3.05, 3.63) is 43.8 Å². The van der Waals surface area contributed by atoms with Gasteiger partial charge >= 0.3 is 5.97 Å². The predicted molar refractivity (Wildman–Crippen MR) is 118 cm³/mol. The highest BCUT2D eigenvalue weighted by atomic mass is 32.2. The molecule has 0 amide bonds. The van der Waals surface area contributed by atoms with Gasteiger partial charge in [-0.05, 0) is 45.3 Å². The predicted octanol–water partition coefficient (Wildman–Crippen LogP) is -0.621. The molecule has 0 spiro atoms. The molecule has 0 unspecified atom stereocenters. The number of carbonyl (C=O) groups is 1. The number of benzene rings is 1. The smallest absolute Gasteiger partial charge is 0.349 e. The van der Waals surface area contributed by atoms with Crippen LogP contribution in [-0.4, -0.2) is 56.1 Å². The molecule has 1 aromatic heterocycles. The molecule has 2 rings (SSSR count). The van der Waals surface area contributed by atoms with Gasteiger partial charge in [0.25, 0.3) is 5.56 Å². The molecular formula is C19H23N5O5S2. The number of nitriles is 1. The van der Waals surface area contributed by atoms with Gasteiger partial charge < -0.3 is 15.3 Å². The fourth-order valence-electron chi connectivity index (χ4n) is 2.55. The summed E-state index contributed by atoms with van der Waals surface area (Å²) in [5, 5.41) is 21.2. The molecule has 0 radical (unpaired) electrons. The van der Waals surface area contributed by atoms with Crippen LogP contribution in [-0.2, 0) is 21.4 Å². The minimum absolute atomic E-state index is 0.0702. The first-order valence-electron chi connectivity index (χ1n) is 9.19. The first kappa shape index (κ1) is 24.3. The van der Waals surface area contributed by atoms with Crippen LogP contribution in [0.2, 0.25) is 0 Å². The Labute approximate surface area is 183 Å². The van der Waals surface area contributed by atoms with Crippen molar-refractivity contribution in [2.75, 3.05) is 32.5 Å². The van der Waals surface area contributed by atoms with E-state index < -0.39 is 27.1 Å². The summed E-state index contributed by atoms with van der Waals surface area (Å²) in [5.41, 5.74) is -0.388. The molecule has 0 atom stereocenters. The molecule has 166 valence electrons. The van der Waals surface area contributed by atoms with Crippen LogP contribution in [0.4, 0.5) is 5.69 Å². The topological polar surface area (TPSA) is 145 Å². The number of likely N-dealkylation sites (N-methyl/N-ethyl adjacent to an activating group) is 1.